The molecule has 12 heteroatoms. The Hall–Kier alpha value is -1.98. The van der Waals surface area contributed by atoms with Gasteiger partial charge in [-0.3, -0.25) is 4.79 Å². The molecule has 0 radical (unpaired) electrons. The first-order chi connectivity index (χ1) is 11.8. The van der Waals surface area contributed by atoms with E-state index in [0.29, 0.717) is 6.92 Å². The summed E-state index contributed by atoms with van der Waals surface area (Å²) in [6.07, 6.45) is -9.37. The molecule has 0 aromatic heterocycles. The summed E-state index contributed by atoms with van der Waals surface area (Å²) in [5.41, 5.74) is -3.42. The topological polar surface area (TPSA) is 46.5 Å². The highest BCUT2D eigenvalue weighted by Gasteiger charge is 2.81. The van der Waals surface area contributed by atoms with E-state index in [2.05, 4.69) is 4.74 Å². The summed E-state index contributed by atoms with van der Waals surface area (Å²) in [4.78, 5) is 10.8. The maximum absolute atomic E-state index is 13.7. The van der Waals surface area contributed by atoms with Crippen molar-refractivity contribution in [3.63, 3.8) is 0 Å². The van der Waals surface area contributed by atoms with Gasteiger partial charge in [0, 0.05) is 6.92 Å². The molecular formula is C15H13F9O3. The van der Waals surface area contributed by atoms with Crippen LogP contribution in [0.3, 0.4) is 0 Å². The van der Waals surface area contributed by atoms with Crippen LogP contribution in [0.2, 0.25) is 0 Å². The second-order valence-electron chi connectivity index (χ2n) is 5.92. The lowest BCUT2D eigenvalue weighted by Gasteiger charge is -2.37. The van der Waals surface area contributed by atoms with Gasteiger partial charge in [0.1, 0.15) is 5.75 Å². The average Bonchev–Trinajstić information content (AvgIpc) is 2.44. The number of carbonyl (C=O) groups excluding carboxylic acids is 1. The Bertz CT molecular complexity index is 679. The maximum Gasteiger partial charge on any atom is 0.460 e. The van der Waals surface area contributed by atoms with Crippen LogP contribution in [-0.4, -0.2) is 35.0 Å². The third-order valence-electron chi connectivity index (χ3n) is 3.51. The summed E-state index contributed by atoms with van der Waals surface area (Å²) in [6.45, 7) is 1.57. The predicted molar refractivity (Wildman–Crippen MR) is 72.8 cm³/mol. The largest absolute Gasteiger partial charge is 0.460 e. The van der Waals surface area contributed by atoms with Crippen molar-refractivity contribution < 1.29 is 54.2 Å². The van der Waals surface area contributed by atoms with Crippen molar-refractivity contribution in [2.24, 2.45) is 0 Å². The predicted octanol–water partition coefficient (Wildman–Crippen LogP) is 4.68. The third kappa shape index (κ3) is 4.47. The Morgan fingerprint density at radius 1 is 0.926 bits per heavy atom. The van der Waals surface area contributed by atoms with Gasteiger partial charge in [0.15, 0.2) is 0 Å². The Labute approximate surface area is 146 Å². The number of rotatable bonds is 6. The number of halogens is 9. The number of benzene rings is 1. The number of esters is 1. The molecule has 0 aliphatic heterocycles. The van der Waals surface area contributed by atoms with Crippen molar-refractivity contribution in [2.75, 3.05) is 0 Å². The van der Waals surface area contributed by atoms with Crippen LogP contribution in [0.1, 0.15) is 25.8 Å². The SMILES string of the molecule is CC(=O)Oc1ccc(C(C)(O)CC(F)(F)C(F)(F)C(F)(F)C(F)(F)F)cc1. The number of hydrogen-bond acceptors (Lipinski definition) is 3. The lowest BCUT2D eigenvalue weighted by Crippen LogP contribution is -2.62. The molecule has 0 saturated carbocycles. The normalized spacial score (nSPS) is 16.0. The summed E-state index contributed by atoms with van der Waals surface area (Å²) >= 11 is 0. The molecule has 1 aromatic carbocycles. The van der Waals surface area contributed by atoms with Gasteiger partial charge in [0.2, 0.25) is 0 Å². The number of carbonyl (C=O) groups is 1. The van der Waals surface area contributed by atoms with E-state index in [9.17, 15) is 49.4 Å². The first-order valence-corrected chi connectivity index (χ1v) is 7.07. The first kappa shape index (κ1) is 23.1. The monoisotopic (exact) mass is 412 g/mol. The number of ether oxygens (including phenoxy) is 1. The minimum Gasteiger partial charge on any atom is -0.427 e. The Morgan fingerprint density at radius 2 is 1.37 bits per heavy atom. The molecule has 154 valence electrons. The number of alkyl halides is 9. The van der Waals surface area contributed by atoms with Crippen LogP contribution >= 0.6 is 0 Å². The van der Waals surface area contributed by atoms with Crippen LogP contribution in [0.25, 0.3) is 0 Å². The molecule has 0 bridgehead atoms. The van der Waals surface area contributed by atoms with Gasteiger partial charge in [-0.15, -0.1) is 0 Å². The molecule has 0 spiro atoms. The van der Waals surface area contributed by atoms with E-state index in [-0.39, 0.29) is 5.75 Å². The minimum absolute atomic E-state index is 0.109. The molecule has 0 aliphatic carbocycles. The molecule has 1 atom stereocenters. The van der Waals surface area contributed by atoms with Gasteiger partial charge in [-0.05, 0) is 24.6 Å². The molecular weight excluding hydrogens is 399 g/mol. The average molecular weight is 412 g/mol. The lowest BCUT2D eigenvalue weighted by atomic mass is 9.86. The molecule has 0 fully saturated rings. The summed E-state index contributed by atoms with van der Waals surface area (Å²) in [6, 6.07) is 3.67. The third-order valence-corrected chi connectivity index (χ3v) is 3.51. The van der Waals surface area contributed by atoms with Crippen molar-refractivity contribution in [1.29, 1.82) is 0 Å². The minimum atomic E-state index is -7.03. The van der Waals surface area contributed by atoms with Crippen LogP contribution in [0.15, 0.2) is 24.3 Å². The standard InChI is InChI=1S/C15H13F9O3/c1-8(25)27-10-5-3-9(4-6-10)11(2,26)7-12(16,17)13(18,19)14(20,21)15(22,23)24/h3-6,26H,7H2,1-2H3. The van der Waals surface area contributed by atoms with E-state index >= 15 is 0 Å². The van der Waals surface area contributed by atoms with Crippen molar-refractivity contribution in [3.05, 3.63) is 29.8 Å². The summed E-state index contributed by atoms with van der Waals surface area (Å²) in [7, 11) is 0. The van der Waals surface area contributed by atoms with Gasteiger partial charge in [-0.25, -0.2) is 0 Å². The lowest BCUT2D eigenvalue weighted by molar-refractivity contribution is -0.400. The summed E-state index contributed by atoms with van der Waals surface area (Å²) < 4.78 is 121. The highest BCUT2D eigenvalue weighted by molar-refractivity contribution is 5.69. The quantitative estimate of drug-likeness (QED) is 0.420. The molecule has 3 nitrogen and oxygen atoms in total. The van der Waals surface area contributed by atoms with Gasteiger partial charge in [0.25, 0.3) is 0 Å². The number of hydrogen-bond donors (Lipinski definition) is 1. The molecule has 0 amide bonds. The zero-order chi connectivity index (χ0) is 21.5. The highest BCUT2D eigenvalue weighted by Crippen LogP contribution is 2.55. The maximum atomic E-state index is 13.7. The molecule has 0 aliphatic rings. The fourth-order valence-corrected chi connectivity index (χ4v) is 2.10. The molecule has 0 saturated heterocycles. The molecule has 1 unspecified atom stereocenters. The van der Waals surface area contributed by atoms with E-state index in [4.69, 9.17) is 0 Å². The van der Waals surface area contributed by atoms with Crippen LogP contribution in [0.4, 0.5) is 39.5 Å². The van der Waals surface area contributed by atoms with Gasteiger partial charge >= 0.3 is 29.9 Å². The van der Waals surface area contributed by atoms with Crippen molar-refractivity contribution >= 4 is 5.97 Å². The molecule has 1 aromatic rings. The fourth-order valence-electron chi connectivity index (χ4n) is 2.10. The van der Waals surface area contributed by atoms with Crippen molar-refractivity contribution in [3.8, 4) is 5.75 Å². The van der Waals surface area contributed by atoms with Gasteiger partial charge in [-0.2, -0.15) is 39.5 Å². The van der Waals surface area contributed by atoms with Gasteiger partial charge in [-0.1, -0.05) is 12.1 Å². The molecule has 27 heavy (non-hydrogen) atoms. The summed E-state index contributed by atoms with van der Waals surface area (Å²) in [5.74, 6) is -20.6. The van der Waals surface area contributed by atoms with Crippen LogP contribution in [0.5, 0.6) is 5.75 Å². The van der Waals surface area contributed by atoms with E-state index in [0.717, 1.165) is 31.2 Å². The van der Waals surface area contributed by atoms with Crippen LogP contribution < -0.4 is 4.74 Å². The number of aliphatic hydroxyl groups is 1. The second-order valence-corrected chi connectivity index (χ2v) is 5.92. The first-order valence-electron chi connectivity index (χ1n) is 7.07. The van der Waals surface area contributed by atoms with E-state index in [1.165, 1.54) is 0 Å². The summed E-state index contributed by atoms with van der Waals surface area (Å²) in [5, 5.41) is 9.98. The van der Waals surface area contributed by atoms with Crippen molar-refractivity contribution in [2.45, 2.75) is 49.8 Å². The zero-order valence-electron chi connectivity index (χ0n) is 13.7. The smallest absolute Gasteiger partial charge is 0.427 e. The van der Waals surface area contributed by atoms with E-state index in [1.54, 1.807) is 0 Å². The van der Waals surface area contributed by atoms with E-state index < -0.39 is 47.5 Å². The Kier molecular flexibility index (Phi) is 5.87. The molecule has 0 heterocycles. The van der Waals surface area contributed by atoms with Gasteiger partial charge in [0.05, 0.1) is 12.0 Å². The molecule has 1 rings (SSSR count). The highest BCUT2D eigenvalue weighted by atomic mass is 19.4. The van der Waals surface area contributed by atoms with E-state index in [1.807, 2.05) is 0 Å². The Balaban J connectivity index is 3.17. The Morgan fingerprint density at radius 3 is 1.74 bits per heavy atom. The second kappa shape index (κ2) is 6.88. The van der Waals surface area contributed by atoms with Gasteiger partial charge < -0.3 is 9.84 Å². The molecule has 1 N–H and O–H groups in total. The van der Waals surface area contributed by atoms with Crippen LogP contribution in [-0.2, 0) is 10.4 Å². The van der Waals surface area contributed by atoms with Crippen molar-refractivity contribution in [1.82, 2.24) is 0 Å². The fraction of sp³-hybridized carbons (Fsp3) is 0.533. The van der Waals surface area contributed by atoms with Crippen LogP contribution in [0, 0.1) is 0 Å². The zero-order valence-corrected chi connectivity index (χ0v) is 13.7.